The smallest absolute Gasteiger partial charge is 0.0641 e. The molecule has 0 aliphatic carbocycles. The minimum Gasteiger partial charge on any atom is -0.287 e. The average molecular weight is 140 g/mol. The van der Waals surface area contributed by atoms with Crippen LogP contribution in [0.5, 0.6) is 0 Å². The van der Waals surface area contributed by atoms with Crippen LogP contribution < -0.4 is 0 Å². The third-order valence-electron chi connectivity index (χ3n) is 2.97. The SMILES string of the molecule is CCN1CC2CC1N2CC. The molecule has 58 valence electrons. The van der Waals surface area contributed by atoms with Crippen LogP contribution in [0.4, 0.5) is 0 Å². The Morgan fingerprint density at radius 1 is 1.30 bits per heavy atom. The molecule has 0 amide bonds. The number of hydrogen-bond donors (Lipinski definition) is 0. The van der Waals surface area contributed by atoms with Gasteiger partial charge in [0.25, 0.3) is 0 Å². The molecule has 2 atom stereocenters. The van der Waals surface area contributed by atoms with E-state index in [2.05, 4.69) is 23.6 Å². The minimum atomic E-state index is 0.819. The van der Waals surface area contributed by atoms with Crippen molar-refractivity contribution in [1.82, 2.24) is 9.80 Å². The van der Waals surface area contributed by atoms with E-state index in [0.717, 1.165) is 12.2 Å². The lowest BCUT2D eigenvalue weighted by molar-refractivity contribution is 0.0382. The van der Waals surface area contributed by atoms with Crippen molar-refractivity contribution in [2.45, 2.75) is 32.5 Å². The van der Waals surface area contributed by atoms with Gasteiger partial charge in [-0.2, -0.15) is 0 Å². The third-order valence-corrected chi connectivity index (χ3v) is 2.97. The summed E-state index contributed by atoms with van der Waals surface area (Å²) in [6.45, 7) is 8.32. The fourth-order valence-corrected chi connectivity index (χ4v) is 2.36. The van der Waals surface area contributed by atoms with Crippen LogP contribution in [0.15, 0.2) is 0 Å². The van der Waals surface area contributed by atoms with E-state index in [4.69, 9.17) is 0 Å². The molecular weight excluding hydrogens is 124 g/mol. The first kappa shape index (κ1) is 6.62. The molecule has 10 heavy (non-hydrogen) atoms. The molecule has 0 N–H and O–H groups in total. The summed E-state index contributed by atoms with van der Waals surface area (Å²) in [6.07, 6.45) is 2.25. The lowest BCUT2D eigenvalue weighted by Gasteiger charge is -2.40. The second kappa shape index (κ2) is 2.21. The molecule has 0 spiro atoms. The van der Waals surface area contributed by atoms with Crippen LogP contribution >= 0.6 is 0 Å². The molecule has 3 saturated heterocycles. The fourth-order valence-electron chi connectivity index (χ4n) is 2.36. The number of fused-ring (bicyclic) bond motifs is 1. The van der Waals surface area contributed by atoms with Crippen molar-refractivity contribution in [3.8, 4) is 0 Å². The molecule has 0 aromatic carbocycles. The van der Waals surface area contributed by atoms with Gasteiger partial charge in [-0.15, -0.1) is 0 Å². The highest BCUT2D eigenvalue weighted by atomic mass is 15.5. The van der Waals surface area contributed by atoms with E-state index >= 15 is 0 Å². The highest BCUT2D eigenvalue weighted by molar-refractivity contribution is 5.00. The van der Waals surface area contributed by atoms with Gasteiger partial charge in [0, 0.05) is 12.6 Å². The molecule has 3 heterocycles. The Kier molecular flexibility index (Phi) is 1.46. The summed E-state index contributed by atoms with van der Waals surface area (Å²) in [5, 5.41) is 0. The predicted molar refractivity (Wildman–Crippen MR) is 41.8 cm³/mol. The lowest BCUT2D eigenvalue weighted by Crippen LogP contribution is -2.51. The Morgan fingerprint density at radius 3 is 2.50 bits per heavy atom. The van der Waals surface area contributed by atoms with Crippen molar-refractivity contribution in [1.29, 1.82) is 0 Å². The molecular formula is C8H16N2. The topological polar surface area (TPSA) is 6.48 Å². The molecule has 3 fully saturated rings. The predicted octanol–water partition coefficient (Wildman–Crippen LogP) is 0.742. The zero-order valence-corrected chi connectivity index (χ0v) is 6.88. The van der Waals surface area contributed by atoms with Crippen LogP contribution in [-0.2, 0) is 0 Å². The average Bonchev–Trinajstić information content (AvgIpc) is 2.42. The fraction of sp³-hybridized carbons (Fsp3) is 1.00. The molecule has 0 radical (unpaired) electrons. The van der Waals surface area contributed by atoms with Crippen molar-refractivity contribution in [3.05, 3.63) is 0 Å². The van der Waals surface area contributed by atoms with Crippen molar-refractivity contribution in [2.24, 2.45) is 0 Å². The minimum absolute atomic E-state index is 0.819. The maximum Gasteiger partial charge on any atom is 0.0641 e. The molecule has 0 aromatic rings. The van der Waals surface area contributed by atoms with Gasteiger partial charge < -0.3 is 0 Å². The van der Waals surface area contributed by atoms with Gasteiger partial charge in [0.05, 0.1) is 6.17 Å². The van der Waals surface area contributed by atoms with Crippen LogP contribution in [0.1, 0.15) is 20.3 Å². The Balaban J connectivity index is 1.99. The first-order valence-corrected chi connectivity index (χ1v) is 4.36. The molecule has 3 rings (SSSR count). The summed E-state index contributed by atoms with van der Waals surface area (Å²) < 4.78 is 0. The van der Waals surface area contributed by atoms with Crippen LogP contribution in [0, 0.1) is 0 Å². The Labute approximate surface area is 62.8 Å². The lowest BCUT2D eigenvalue weighted by atomic mass is 10.1. The van der Waals surface area contributed by atoms with E-state index in [-0.39, 0.29) is 0 Å². The summed E-state index contributed by atoms with van der Waals surface area (Å²) in [7, 11) is 0. The summed E-state index contributed by atoms with van der Waals surface area (Å²) >= 11 is 0. The second-order valence-corrected chi connectivity index (χ2v) is 3.29. The van der Waals surface area contributed by atoms with Gasteiger partial charge in [0.15, 0.2) is 0 Å². The summed E-state index contributed by atoms with van der Waals surface area (Å²) in [6, 6.07) is 0.912. The molecule has 2 heteroatoms. The number of hydrogen-bond acceptors (Lipinski definition) is 2. The number of likely N-dealkylation sites (N-methyl/N-ethyl adjacent to an activating group) is 2. The zero-order valence-electron chi connectivity index (χ0n) is 6.88. The maximum absolute atomic E-state index is 2.60. The molecule has 3 aliphatic rings. The second-order valence-electron chi connectivity index (χ2n) is 3.29. The van der Waals surface area contributed by atoms with Crippen molar-refractivity contribution in [3.63, 3.8) is 0 Å². The molecule has 2 unspecified atom stereocenters. The Hall–Kier alpha value is -0.0800. The molecule has 3 aliphatic heterocycles. The molecule has 2 bridgehead atoms. The van der Waals surface area contributed by atoms with Crippen molar-refractivity contribution >= 4 is 0 Å². The van der Waals surface area contributed by atoms with Crippen LogP contribution in [0.25, 0.3) is 0 Å². The summed E-state index contributed by atoms with van der Waals surface area (Å²) in [4.78, 5) is 5.18. The number of rotatable bonds is 2. The quantitative estimate of drug-likeness (QED) is 0.558. The summed E-state index contributed by atoms with van der Waals surface area (Å²) in [5.41, 5.74) is 0. The summed E-state index contributed by atoms with van der Waals surface area (Å²) in [5.74, 6) is 0. The van der Waals surface area contributed by atoms with Crippen LogP contribution in [0.2, 0.25) is 0 Å². The molecule has 0 aromatic heterocycles. The van der Waals surface area contributed by atoms with Crippen LogP contribution in [0.3, 0.4) is 0 Å². The maximum atomic E-state index is 2.60. The van der Waals surface area contributed by atoms with Crippen molar-refractivity contribution in [2.75, 3.05) is 19.6 Å². The van der Waals surface area contributed by atoms with E-state index in [1.165, 1.54) is 26.1 Å². The van der Waals surface area contributed by atoms with Gasteiger partial charge in [0.2, 0.25) is 0 Å². The van der Waals surface area contributed by atoms with Gasteiger partial charge in [-0.25, -0.2) is 0 Å². The standard InChI is InChI=1S/C8H16N2/c1-3-9-6-7-5-8(9)10(7)4-2/h7-8H,3-6H2,1-2H3. The number of nitrogens with zero attached hydrogens (tertiary/aromatic N) is 2. The Bertz CT molecular complexity index is 129. The zero-order chi connectivity index (χ0) is 7.14. The first-order chi connectivity index (χ1) is 4.86. The third kappa shape index (κ3) is 0.663. The van der Waals surface area contributed by atoms with Gasteiger partial charge in [-0.05, 0) is 19.5 Å². The van der Waals surface area contributed by atoms with E-state index in [1.54, 1.807) is 0 Å². The van der Waals surface area contributed by atoms with Gasteiger partial charge in [-0.1, -0.05) is 13.8 Å². The molecule has 2 nitrogen and oxygen atoms in total. The van der Waals surface area contributed by atoms with E-state index in [9.17, 15) is 0 Å². The van der Waals surface area contributed by atoms with Gasteiger partial charge >= 0.3 is 0 Å². The van der Waals surface area contributed by atoms with Gasteiger partial charge in [-0.3, -0.25) is 9.80 Å². The van der Waals surface area contributed by atoms with E-state index < -0.39 is 0 Å². The molecule has 0 saturated carbocycles. The highest BCUT2D eigenvalue weighted by Gasteiger charge is 2.47. The largest absolute Gasteiger partial charge is 0.287 e. The van der Waals surface area contributed by atoms with E-state index in [0.29, 0.717) is 0 Å². The van der Waals surface area contributed by atoms with E-state index in [1.807, 2.05) is 0 Å². The normalized spacial score (nSPS) is 40.2. The van der Waals surface area contributed by atoms with Crippen molar-refractivity contribution < 1.29 is 0 Å². The van der Waals surface area contributed by atoms with Gasteiger partial charge in [0.1, 0.15) is 0 Å². The monoisotopic (exact) mass is 140 g/mol. The van der Waals surface area contributed by atoms with Crippen LogP contribution in [-0.4, -0.2) is 41.6 Å². The first-order valence-electron chi connectivity index (χ1n) is 4.36. The highest BCUT2D eigenvalue weighted by Crippen LogP contribution is 2.35. The Morgan fingerprint density at radius 2 is 2.10 bits per heavy atom.